The second-order valence-electron chi connectivity index (χ2n) is 5.96. The lowest BCUT2D eigenvalue weighted by Crippen LogP contribution is -2.43. The van der Waals surface area contributed by atoms with E-state index in [1.807, 2.05) is 13.8 Å². The lowest BCUT2D eigenvalue weighted by Gasteiger charge is -2.35. The van der Waals surface area contributed by atoms with Gasteiger partial charge >= 0.3 is 5.69 Å². The van der Waals surface area contributed by atoms with E-state index in [1.165, 1.54) is 0 Å². The summed E-state index contributed by atoms with van der Waals surface area (Å²) in [5, 5.41) is 15.9. The van der Waals surface area contributed by atoms with Crippen LogP contribution in [0.15, 0.2) is 0 Å². The van der Waals surface area contributed by atoms with Gasteiger partial charge in [-0.15, -0.1) is 0 Å². The Hall–Kier alpha value is -1.63. The summed E-state index contributed by atoms with van der Waals surface area (Å²) in [6.07, 6.45) is 3.58. The molecule has 7 nitrogen and oxygen atoms in total. The summed E-state index contributed by atoms with van der Waals surface area (Å²) in [4.78, 5) is 13.3. The molecule has 1 aliphatic rings. The van der Waals surface area contributed by atoms with Crippen molar-refractivity contribution in [3.8, 4) is 0 Å². The van der Waals surface area contributed by atoms with Crippen molar-refractivity contribution in [2.45, 2.75) is 45.6 Å². The molecular weight excluding hydrogens is 270 g/mol. The van der Waals surface area contributed by atoms with Crippen LogP contribution in [0.3, 0.4) is 0 Å². The van der Waals surface area contributed by atoms with E-state index in [2.05, 4.69) is 10.00 Å². The molecule has 21 heavy (non-hydrogen) atoms. The Morgan fingerprint density at radius 2 is 2.29 bits per heavy atom. The fourth-order valence-corrected chi connectivity index (χ4v) is 3.14. The van der Waals surface area contributed by atoms with E-state index in [-0.39, 0.29) is 16.7 Å². The summed E-state index contributed by atoms with van der Waals surface area (Å²) in [7, 11) is 1.79. The Kier molecular flexibility index (Phi) is 4.82. The lowest BCUT2D eigenvalue weighted by atomic mass is 9.92. The van der Waals surface area contributed by atoms with Crippen molar-refractivity contribution < 1.29 is 4.92 Å². The molecule has 0 saturated carbocycles. The molecule has 118 valence electrons. The Morgan fingerprint density at radius 1 is 1.57 bits per heavy atom. The minimum absolute atomic E-state index is 0.107. The van der Waals surface area contributed by atoms with Crippen LogP contribution in [-0.4, -0.2) is 33.8 Å². The van der Waals surface area contributed by atoms with E-state index in [0.717, 1.165) is 32.4 Å². The predicted molar refractivity (Wildman–Crippen MR) is 82.4 cm³/mol. The van der Waals surface area contributed by atoms with E-state index < -0.39 is 0 Å². The average Bonchev–Trinajstić information content (AvgIpc) is 2.76. The molecule has 1 saturated heterocycles. The number of nitro groups is 1. The van der Waals surface area contributed by atoms with Crippen molar-refractivity contribution in [3.63, 3.8) is 0 Å². The van der Waals surface area contributed by atoms with Gasteiger partial charge in [0.15, 0.2) is 0 Å². The molecule has 0 bridgehead atoms. The predicted octanol–water partition coefficient (Wildman–Crippen LogP) is 1.84. The van der Waals surface area contributed by atoms with Gasteiger partial charge < -0.3 is 10.6 Å². The van der Waals surface area contributed by atoms with E-state index >= 15 is 0 Å². The van der Waals surface area contributed by atoms with Gasteiger partial charge in [0, 0.05) is 26.2 Å². The van der Waals surface area contributed by atoms with E-state index in [9.17, 15) is 10.1 Å². The summed E-state index contributed by atoms with van der Waals surface area (Å²) >= 11 is 0. The molecule has 2 N–H and O–H groups in total. The Labute approximate surface area is 125 Å². The van der Waals surface area contributed by atoms with Crippen LogP contribution in [0.25, 0.3) is 0 Å². The fraction of sp³-hybridized carbons (Fsp3) is 0.786. The number of anilines is 1. The quantitative estimate of drug-likeness (QED) is 0.661. The third-order valence-corrected chi connectivity index (χ3v) is 4.23. The number of aryl methyl sites for hydroxylation is 2. The second-order valence-corrected chi connectivity index (χ2v) is 5.96. The van der Waals surface area contributed by atoms with Gasteiger partial charge in [0.25, 0.3) is 0 Å². The van der Waals surface area contributed by atoms with Crippen molar-refractivity contribution in [2.75, 3.05) is 18.0 Å². The molecule has 1 fully saturated rings. The summed E-state index contributed by atoms with van der Waals surface area (Å²) < 4.78 is 1.66. The standard InChI is InChI=1S/C14H25N5O2/c1-4-6-12-13(19(20)21)14(17(3)16-12)18-8-5-7-11(9-18)10(2)15/h10-11H,4-9,15H2,1-3H3. The molecule has 0 radical (unpaired) electrons. The maximum absolute atomic E-state index is 11.5. The molecule has 0 aromatic carbocycles. The summed E-state index contributed by atoms with van der Waals surface area (Å²) in [5.41, 5.74) is 6.77. The Morgan fingerprint density at radius 3 is 2.86 bits per heavy atom. The zero-order valence-electron chi connectivity index (χ0n) is 13.1. The number of rotatable bonds is 5. The van der Waals surface area contributed by atoms with Gasteiger partial charge in [-0.2, -0.15) is 5.10 Å². The van der Waals surface area contributed by atoms with Crippen molar-refractivity contribution in [2.24, 2.45) is 18.7 Å². The summed E-state index contributed by atoms with van der Waals surface area (Å²) in [5.74, 6) is 1.01. The first-order chi connectivity index (χ1) is 9.95. The maximum atomic E-state index is 11.5. The first-order valence-corrected chi connectivity index (χ1v) is 7.66. The average molecular weight is 295 g/mol. The van der Waals surface area contributed by atoms with Crippen LogP contribution < -0.4 is 10.6 Å². The van der Waals surface area contributed by atoms with E-state index in [4.69, 9.17) is 5.73 Å². The Balaban J connectivity index is 2.36. The number of hydrogen-bond donors (Lipinski definition) is 1. The normalized spacial score (nSPS) is 20.6. The largest absolute Gasteiger partial charge is 0.351 e. The molecule has 0 spiro atoms. The molecule has 0 aliphatic carbocycles. The van der Waals surface area contributed by atoms with Crippen LogP contribution in [-0.2, 0) is 13.5 Å². The second kappa shape index (κ2) is 6.43. The summed E-state index contributed by atoms with van der Waals surface area (Å²) in [6.45, 7) is 5.61. The SMILES string of the molecule is CCCc1nn(C)c(N2CCCC(C(C)N)C2)c1[N+](=O)[O-]. The highest BCUT2D eigenvalue weighted by Crippen LogP contribution is 2.35. The number of nitrogens with two attached hydrogens (primary N) is 1. The van der Waals surface area contributed by atoms with Crippen molar-refractivity contribution in [3.05, 3.63) is 15.8 Å². The third kappa shape index (κ3) is 3.18. The monoisotopic (exact) mass is 295 g/mol. The van der Waals surface area contributed by atoms with Gasteiger partial charge in [0.1, 0.15) is 5.69 Å². The number of nitrogens with zero attached hydrogens (tertiary/aromatic N) is 4. The number of hydrogen-bond acceptors (Lipinski definition) is 5. The highest BCUT2D eigenvalue weighted by molar-refractivity contribution is 5.62. The van der Waals surface area contributed by atoms with Crippen LogP contribution in [0, 0.1) is 16.0 Å². The van der Waals surface area contributed by atoms with Crippen LogP contribution in [0.4, 0.5) is 11.5 Å². The Bertz CT molecular complexity index is 512. The van der Waals surface area contributed by atoms with E-state index in [1.54, 1.807) is 11.7 Å². The van der Waals surface area contributed by atoms with Gasteiger partial charge in [0.05, 0.1) is 4.92 Å². The summed E-state index contributed by atoms with van der Waals surface area (Å²) in [6, 6.07) is 0.107. The van der Waals surface area contributed by atoms with Crippen LogP contribution in [0.2, 0.25) is 0 Å². The third-order valence-electron chi connectivity index (χ3n) is 4.23. The topological polar surface area (TPSA) is 90.2 Å². The zero-order chi connectivity index (χ0) is 15.6. The maximum Gasteiger partial charge on any atom is 0.334 e. The van der Waals surface area contributed by atoms with E-state index in [0.29, 0.717) is 23.9 Å². The van der Waals surface area contributed by atoms with Crippen LogP contribution >= 0.6 is 0 Å². The molecule has 2 atom stereocenters. The van der Waals surface area contributed by atoms with Gasteiger partial charge in [-0.3, -0.25) is 10.1 Å². The molecule has 1 aliphatic heterocycles. The smallest absolute Gasteiger partial charge is 0.334 e. The number of piperidine rings is 1. The zero-order valence-corrected chi connectivity index (χ0v) is 13.1. The molecule has 1 aromatic heterocycles. The fourth-order valence-electron chi connectivity index (χ4n) is 3.14. The minimum Gasteiger partial charge on any atom is -0.351 e. The van der Waals surface area contributed by atoms with Gasteiger partial charge in [0.2, 0.25) is 5.82 Å². The van der Waals surface area contributed by atoms with Crippen LogP contribution in [0.5, 0.6) is 0 Å². The van der Waals surface area contributed by atoms with Gasteiger partial charge in [-0.05, 0) is 32.1 Å². The van der Waals surface area contributed by atoms with Gasteiger partial charge in [-0.25, -0.2) is 4.68 Å². The number of aromatic nitrogens is 2. The molecule has 2 heterocycles. The first kappa shape index (κ1) is 15.8. The van der Waals surface area contributed by atoms with Crippen molar-refractivity contribution in [1.29, 1.82) is 0 Å². The van der Waals surface area contributed by atoms with Crippen molar-refractivity contribution in [1.82, 2.24) is 9.78 Å². The highest BCUT2D eigenvalue weighted by atomic mass is 16.6. The lowest BCUT2D eigenvalue weighted by molar-refractivity contribution is -0.384. The molecule has 0 amide bonds. The molecule has 2 rings (SSSR count). The minimum atomic E-state index is -0.289. The van der Waals surface area contributed by atoms with Crippen LogP contribution in [0.1, 0.15) is 38.8 Å². The first-order valence-electron chi connectivity index (χ1n) is 7.66. The van der Waals surface area contributed by atoms with Crippen molar-refractivity contribution >= 4 is 11.5 Å². The highest BCUT2D eigenvalue weighted by Gasteiger charge is 2.33. The molecular formula is C14H25N5O2. The molecule has 7 heteroatoms. The molecule has 1 aromatic rings. The molecule has 2 unspecified atom stereocenters. The van der Waals surface area contributed by atoms with Gasteiger partial charge in [-0.1, -0.05) is 13.3 Å².